The first-order valence-corrected chi connectivity index (χ1v) is 9.03. The van der Waals surface area contributed by atoms with Crippen molar-refractivity contribution in [2.75, 3.05) is 0 Å². The molecule has 0 amide bonds. The van der Waals surface area contributed by atoms with Crippen LogP contribution < -0.4 is 0 Å². The van der Waals surface area contributed by atoms with E-state index in [0.717, 1.165) is 24.8 Å². The van der Waals surface area contributed by atoms with Crippen LogP contribution in [0.5, 0.6) is 0 Å². The Kier molecular flexibility index (Phi) is 3.55. The van der Waals surface area contributed by atoms with Gasteiger partial charge in [0.2, 0.25) is 0 Å². The molecule has 4 rings (SSSR count). The standard InChI is InChI=1S/C20H24O4/c1-11(21)24-17-10-13(22)9-12-3-4-14-15(19(12)17)7-8-20(2)16(14)5-6-18(20)23/h3-4,9,14-17,19H,5-8,10H2,1-2H3/t14-,15+,16+,17+,19+,20+/m1/s1. The van der Waals surface area contributed by atoms with E-state index in [0.29, 0.717) is 30.0 Å². The Labute approximate surface area is 142 Å². The van der Waals surface area contributed by atoms with E-state index < -0.39 is 0 Å². The number of Topliss-reactive ketones (excluding diaryl/α,β-unsaturated/α-hetero) is 1. The smallest absolute Gasteiger partial charge is 0.302 e. The third-order valence-electron chi connectivity index (χ3n) is 6.90. The maximum absolute atomic E-state index is 12.4. The lowest BCUT2D eigenvalue weighted by Crippen LogP contribution is -2.49. The summed E-state index contributed by atoms with van der Waals surface area (Å²) in [6.45, 7) is 3.54. The molecule has 0 aromatic carbocycles. The Morgan fingerprint density at radius 1 is 1.29 bits per heavy atom. The van der Waals surface area contributed by atoms with E-state index in [-0.39, 0.29) is 35.6 Å². The molecule has 6 atom stereocenters. The molecule has 0 heterocycles. The summed E-state index contributed by atoms with van der Waals surface area (Å²) < 4.78 is 5.54. The van der Waals surface area contributed by atoms with Gasteiger partial charge >= 0.3 is 5.97 Å². The van der Waals surface area contributed by atoms with Gasteiger partial charge in [-0.05, 0) is 48.7 Å². The molecule has 0 spiro atoms. The van der Waals surface area contributed by atoms with Crippen LogP contribution in [-0.4, -0.2) is 23.6 Å². The monoisotopic (exact) mass is 328 g/mol. The Bertz CT molecular complexity index is 673. The number of allylic oxidation sites excluding steroid dienone is 3. The van der Waals surface area contributed by atoms with E-state index in [1.54, 1.807) is 6.08 Å². The largest absolute Gasteiger partial charge is 0.461 e. The molecule has 4 heteroatoms. The Morgan fingerprint density at radius 3 is 2.83 bits per heavy atom. The SMILES string of the molecule is CC(=O)O[C@H]1CC(=O)C=C2C=C[C@@H]3[C@H](CC[C@]4(C)C(=O)CC[C@@H]34)[C@H]21. The second-order valence-corrected chi connectivity index (χ2v) is 8.11. The van der Waals surface area contributed by atoms with Crippen molar-refractivity contribution in [1.82, 2.24) is 0 Å². The van der Waals surface area contributed by atoms with Gasteiger partial charge in [0.05, 0.1) is 0 Å². The summed E-state index contributed by atoms with van der Waals surface area (Å²) in [6.07, 6.45) is 9.45. The van der Waals surface area contributed by atoms with Gasteiger partial charge in [0.15, 0.2) is 5.78 Å². The maximum atomic E-state index is 12.4. The van der Waals surface area contributed by atoms with E-state index >= 15 is 0 Å². The molecule has 0 bridgehead atoms. The predicted octanol–water partition coefficient (Wildman–Crippen LogP) is 3.01. The number of ether oxygens (including phenoxy) is 1. The lowest BCUT2D eigenvalue weighted by atomic mass is 9.54. The van der Waals surface area contributed by atoms with E-state index in [1.807, 2.05) is 6.08 Å². The van der Waals surface area contributed by atoms with Crippen LogP contribution in [0.15, 0.2) is 23.8 Å². The van der Waals surface area contributed by atoms with Gasteiger partial charge in [-0.2, -0.15) is 0 Å². The second-order valence-electron chi connectivity index (χ2n) is 8.11. The fraction of sp³-hybridized carbons (Fsp3) is 0.650. The lowest BCUT2D eigenvalue weighted by Gasteiger charge is -2.50. The molecule has 0 aromatic rings. The van der Waals surface area contributed by atoms with Crippen LogP contribution in [0.2, 0.25) is 0 Å². The third kappa shape index (κ3) is 2.22. The average Bonchev–Trinajstić information content (AvgIpc) is 2.81. The summed E-state index contributed by atoms with van der Waals surface area (Å²) >= 11 is 0. The number of esters is 1. The second kappa shape index (κ2) is 5.40. The summed E-state index contributed by atoms with van der Waals surface area (Å²) in [5.41, 5.74) is 0.820. The minimum absolute atomic E-state index is 0.0345. The van der Waals surface area contributed by atoms with Crippen molar-refractivity contribution in [3.8, 4) is 0 Å². The Balaban J connectivity index is 1.71. The van der Waals surface area contributed by atoms with Crippen molar-refractivity contribution >= 4 is 17.5 Å². The fourth-order valence-electron chi connectivity index (χ4n) is 5.81. The van der Waals surface area contributed by atoms with Crippen molar-refractivity contribution in [1.29, 1.82) is 0 Å². The van der Waals surface area contributed by atoms with Gasteiger partial charge in [0, 0.05) is 31.1 Å². The van der Waals surface area contributed by atoms with Crippen molar-refractivity contribution in [3.63, 3.8) is 0 Å². The van der Waals surface area contributed by atoms with Crippen LogP contribution in [-0.2, 0) is 19.1 Å². The molecule has 4 aliphatic rings. The van der Waals surface area contributed by atoms with Crippen molar-refractivity contribution in [3.05, 3.63) is 23.8 Å². The zero-order valence-electron chi connectivity index (χ0n) is 14.3. The zero-order valence-corrected chi connectivity index (χ0v) is 14.3. The molecule has 4 nitrogen and oxygen atoms in total. The quantitative estimate of drug-likeness (QED) is 0.694. The van der Waals surface area contributed by atoms with Crippen LogP contribution in [0.1, 0.15) is 46.0 Å². The van der Waals surface area contributed by atoms with Crippen molar-refractivity contribution in [2.45, 2.75) is 52.1 Å². The van der Waals surface area contributed by atoms with E-state index in [1.165, 1.54) is 6.92 Å². The molecular weight excluding hydrogens is 304 g/mol. The van der Waals surface area contributed by atoms with Gasteiger partial charge in [-0.3, -0.25) is 14.4 Å². The number of rotatable bonds is 1. The Morgan fingerprint density at radius 2 is 2.08 bits per heavy atom. The number of fused-ring (bicyclic) bond motifs is 5. The van der Waals surface area contributed by atoms with Crippen LogP contribution in [0.25, 0.3) is 0 Å². The van der Waals surface area contributed by atoms with Crippen molar-refractivity contribution in [2.24, 2.45) is 29.1 Å². The third-order valence-corrected chi connectivity index (χ3v) is 6.90. The van der Waals surface area contributed by atoms with Crippen LogP contribution in [0.4, 0.5) is 0 Å². The summed E-state index contributed by atoms with van der Waals surface area (Å²) in [5.74, 6) is 1.32. The number of hydrogen-bond acceptors (Lipinski definition) is 4. The molecule has 0 aliphatic heterocycles. The number of carbonyl (C=O) groups is 3. The number of carbonyl (C=O) groups excluding carboxylic acids is 3. The molecule has 0 radical (unpaired) electrons. The molecule has 0 unspecified atom stereocenters. The first kappa shape index (κ1) is 15.8. The van der Waals surface area contributed by atoms with Gasteiger partial charge in [-0.15, -0.1) is 0 Å². The number of ketones is 2. The fourth-order valence-corrected chi connectivity index (χ4v) is 5.81. The highest BCUT2D eigenvalue weighted by Crippen LogP contribution is 2.59. The maximum Gasteiger partial charge on any atom is 0.302 e. The van der Waals surface area contributed by atoms with Gasteiger partial charge in [0.25, 0.3) is 0 Å². The first-order valence-electron chi connectivity index (χ1n) is 9.03. The zero-order chi connectivity index (χ0) is 17.1. The molecule has 0 N–H and O–H groups in total. The number of hydrogen-bond donors (Lipinski definition) is 0. The van der Waals surface area contributed by atoms with Gasteiger partial charge in [-0.25, -0.2) is 0 Å². The average molecular weight is 328 g/mol. The highest BCUT2D eigenvalue weighted by molar-refractivity contribution is 5.93. The Hall–Kier alpha value is -1.71. The highest BCUT2D eigenvalue weighted by atomic mass is 16.5. The van der Waals surface area contributed by atoms with Gasteiger partial charge < -0.3 is 4.74 Å². The normalized spacial score (nSPS) is 43.6. The van der Waals surface area contributed by atoms with E-state index in [4.69, 9.17) is 4.74 Å². The summed E-state index contributed by atoms with van der Waals surface area (Å²) in [5, 5.41) is 0. The summed E-state index contributed by atoms with van der Waals surface area (Å²) in [7, 11) is 0. The van der Waals surface area contributed by atoms with Gasteiger partial charge in [-0.1, -0.05) is 19.1 Å². The first-order chi connectivity index (χ1) is 11.4. The minimum atomic E-state index is -0.353. The molecule has 128 valence electrons. The van der Waals surface area contributed by atoms with Crippen LogP contribution in [0, 0.1) is 29.1 Å². The van der Waals surface area contributed by atoms with Gasteiger partial charge in [0.1, 0.15) is 11.9 Å². The molecule has 4 aliphatic carbocycles. The predicted molar refractivity (Wildman–Crippen MR) is 87.9 cm³/mol. The van der Waals surface area contributed by atoms with E-state index in [2.05, 4.69) is 13.0 Å². The summed E-state index contributed by atoms with van der Waals surface area (Å²) in [6, 6.07) is 0. The molecule has 2 fully saturated rings. The van der Waals surface area contributed by atoms with Crippen molar-refractivity contribution < 1.29 is 19.1 Å². The topological polar surface area (TPSA) is 60.4 Å². The molecule has 0 saturated heterocycles. The highest BCUT2D eigenvalue weighted by Gasteiger charge is 2.56. The molecule has 2 saturated carbocycles. The molecule has 0 aromatic heterocycles. The molecular formula is C20H24O4. The van der Waals surface area contributed by atoms with E-state index in [9.17, 15) is 14.4 Å². The van der Waals surface area contributed by atoms with Crippen LogP contribution >= 0.6 is 0 Å². The lowest BCUT2D eigenvalue weighted by molar-refractivity contribution is -0.152. The summed E-state index contributed by atoms with van der Waals surface area (Å²) in [4.78, 5) is 35.9. The molecule has 24 heavy (non-hydrogen) atoms. The van der Waals surface area contributed by atoms with Crippen LogP contribution in [0.3, 0.4) is 0 Å². The minimum Gasteiger partial charge on any atom is -0.461 e.